The summed E-state index contributed by atoms with van der Waals surface area (Å²) in [7, 11) is 1.84. The van der Waals surface area contributed by atoms with Crippen molar-refractivity contribution in [3.05, 3.63) is 36.2 Å². The van der Waals surface area contributed by atoms with Crippen molar-refractivity contribution >= 4 is 16.9 Å². The van der Waals surface area contributed by atoms with Crippen LogP contribution in [-0.4, -0.2) is 25.9 Å². The fourth-order valence-electron chi connectivity index (χ4n) is 2.12. The van der Waals surface area contributed by atoms with Gasteiger partial charge in [-0.15, -0.1) is 0 Å². The van der Waals surface area contributed by atoms with Crippen LogP contribution < -0.4 is 0 Å². The molecule has 2 heterocycles. The predicted molar refractivity (Wildman–Crippen MR) is 67.0 cm³/mol. The molecule has 3 aromatic rings. The molecular weight excluding hydrogens is 248 g/mol. The minimum atomic E-state index is -1.18. The second kappa shape index (κ2) is 3.88. The van der Waals surface area contributed by atoms with Crippen LogP contribution in [0.25, 0.3) is 22.2 Å². The summed E-state index contributed by atoms with van der Waals surface area (Å²) in [6.45, 7) is 0. The first-order valence-electron chi connectivity index (χ1n) is 5.55. The molecule has 19 heavy (non-hydrogen) atoms. The average Bonchev–Trinajstić information content (AvgIpc) is 2.95. The molecule has 0 bridgehead atoms. The third kappa shape index (κ3) is 1.65. The van der Waals surface area contributed by atoms with Crippen molar-refractivity contribution in [1.82, 2.24) is 9.72 Å². The summed E-state index contributed by atoms with van der Waals surface area (Å²) in [5, 5.41) is 23.1. The third-order valence-electron chi connectivity index (χ3n) is 2.99. The Labute approximate surface area is 107 Å². The Morgan fingerprint density at radius 3 is 2.89 bits per heavy atom. The van der Waals surface area contributed by atoms with E-state index in [1.165, 1.54) is 6.07 Å². The highest BCUT2D eigenvalue weighted by Crippen LogP contribution is 2.35. The predicted octanol–water partition coefficient (Wildman–Crippen LogP) is 2.24. The van der Waals surface area contributed by atoms with Gasteiger partial charge in [-0.05, 0) is 12.1 Å². The van der Waals surface area contributed by atoms with Crippen LogP contribution in [-0.2, 0) is 7.05 Å². The van der Waals surface area contributed by atoms with Crippen molar-refractivity contribution in [2.24, 2.45) is 7.05 Å². The smallest absolute Gasteiger partial charge is 0.374 e. The lowest BCUT2D eigenvalue weighted by atomic mass is 10.1. The Hall–Kier alpha value is -2.76. The number of carboxylic acid groups (broad SMARTS) is 1. The number of rotatable bonds is 2. The van der Waals surface area contributed by atoms with E-state index in [-0.39, 0.29) is 11.5 Å². The molecule has 0 aliphatic rings. The van der Waals surface area contributed by atoms with Gasteiger partial charge < -0.3 is 19.3 Å². The highest BCUT2D eigenvalue weighted by Gasteiger charge is 2.17. The van der Waals surface area contributed by atoms with E-state index in [0.29, 0.717) is 16.6 Å². The van der Waals surface area contributed by atoms with Gasteiger partial charge in [0.2, 0.25) is 5.76 Å². The van der Waals surface area contributed by atoms with E-state index >= 15 is 0 Å². The molecule has 0 fully saturated rings. The van der Waals surface area contributed by atoms with Crippen LogP contribution in [0.4, 0.5) is 0 Å². The van der Waals surface area contributed by atoms with Gasteiger partial charge in [0.25, 0.3) is 0 Å². The summed E-state index contributed by atoms with van der Waals surface area (Å²) < 4.78 is 6.57. The van der Waals surface area contributed by atoms with E-state index in [1.807, 2.05) is 17.7 Å². The zero-order valence-corrected chi connectivity index (χ0v) is 9.99. The Balaban J connectivity index is 2.27. The molecule has 96 valence electrons. The quantitative estimate of drug-likeness (QED) is 0.735. The number of carboxylic acids is 1. The molecule has 0 unspecified atom stereocenters. The lowest BCUT2D eigenvalue weighted by molar-refractivity contribution is 0.0652. The van der Waals surface area contributed by atoms with Crippen molar-refractivity contribution in [1.29, 1.82) is 0 Å². The summed E-state index contributed by atoms with van der Waals surface area (Å²) >= 11 is 0. The van der Waals surface area contributed by atoms with Crippen molar-refractivity contribution in [3.8, 4) is 17.0 Å². The first kappa shape index (κ1) is 11.3. The van der Waals surface area contributed by atoms with Gasteiger partial charge in [-0.3, -0.25) is 0 Å². The van der Waals surface area contributed by atoms with Gasteiger partial charge in [-0.25, -0.2) is 4.79 Å². The molecule has 0 aliphatic carbocycles. The molecule has 0 atom stereocenters. The van der Waals surface area contributed by atoms with Crippen LogP contribution in [0.15, 0.2) is 35.0 Å². The van der Waals surface area contributed by atoms with Crippen LogP contribution in [0, 0.1) is 0 Å². The van der Waals surface area contributed by atoms with Crippen molar-refractivity contribution in [3.63, 3.8) is 0 Å². The number of aryl methyl sites for hydroxylation is 1. The highest BCUT2D eigenvalue weighted by molar-refractivity contribution is 6.00. The van der Waals surface area contributed by atoms with E-state index in [2.05, 4.69) is 5.16 Å². The average molecular weight is 258 g/mol. The van der Waals surface area contributed by atoms with Gasteiger partial charge in [0.15, 0.2) is 0 Å². The highest BCUT2D eigenvalue weighted by atomic mass is 16.5. The maximum absolute atomic E-state index is 10.8. The van der Waals surface area contributed by atoms with Gasteiger partial charge in [0.1, 0.15) is 11.4 Å². The molecular formula is C13H10N2O4. The second-order valence-electron chi connectivity index (χ2n) is 4.21. The molecule has 6 heteroatoms. The Morgan fingerprint density at radius 2 is 2.21 bits per heavy atom. The summed E-state index contributed by atoms with van der Waals surface area (Å²) in [5.41, 5.74) is 1.84. The molecule has 0 spiro atoms. The van der Waals surface area contributed by atoms with E-state index in [0.717, 1.165) is 5.52 Å². The van der Waals surface area contributed by atoms with Gasteiger partial charge in [0, 0.05) is 24.9 Å². The molecule has 0 saturated heterocycles. The van der Waals surface area contributed by atoms with Crippen molar-refractivity contribution < 1.29 is 19.5 Å². The van der Waals surface area contributed by atoms with Crippen molar-refractivity contribution in [2.45, 2.75) is 0 Å². The van der Waals surface area contributed by atoms with E-state index < -0.39 is 5.97 Å². The Bertz CT molecular complexity index is 785. The fraction of sp³-hybridized carbons (Fsp3) is 0.0769. The first-order valence-corrected chi connectivity index (χ1v) is 5.55. The number of nitrogens with zero attached hydrogens (tertiary/aromatic N) is 2. The molecule has 0 saturated carbocycles. The van der Waals surface area contributed by atoms with E-state index in [4.69, 9.17) is 9.63 Å². The SMILES string of the molecule is Cn1cc(-c2cc(C(=O)O)on2)c2c(O)cccc21. The zero-order chi connectivity index (χ0) is 13.6. The van der Waals surface area contributed by atoms with Crippen LogP contribution in [0.2, 0.25) is 0 Å². The second-order valence-corrected chi connectivity index (χ2v) is 4.21. The number of hydrogen-bond donors (Lipinski definition) is 2. The topological polar surface area (TPSA) is 88.5 Å². The molecule has 3 rings (SSSR count). The molecule has 2 N–H and O–H groups in total. The number of carbonyl (C=O) groups is 1. The Kier molecular flexibility index (Phi) is 2.31. The van der Waals surface area contributed by atoms with Crippen LogP contribution in [0.5, 0.6) is 5.75 Å². The van der Waals surface area contributed by atoms with Crippen LogP contribution >= 0.6 is 0 Å². The lowest BCUT2D eigenvalue weighted by Crippen LogP contribution is -1.91. The van der Waals surface area contributed by atoms with Gasteiger partial charge in [-0.2, -0.15) is 0 Å². The van der Waals surface area contributed by atoms with Gasteiger partial charge in [0.05, 0.1) is 10.9 Å². The number of phenolic OH excluding ortho intramolecular Hbond substituents is 1. The molecule has 0 amide bonds. The van der Waals surface area contributed by atoms with Crippen LogP contribution in [0.1, 0.15) is 10.6 Å². The maximum atomic E-state index is 10.8. The zero-order valence-electron chi connectivity index (χ0n) is 9.99. The standard InChI is InChI=1S/C13H10N2O4/c1-15-6-7(8-5-11(13(17)18)19-14-8)12-9(15)3-2-4-10(12)16/h2-6,16H,1H3,(H,17,18). The number of phenols is 1. The lowest BCUT2D eigenvalue weighted by Gasteiger charge is -1.98. The van der Waals surface area contributed by atoms with E-state index in [9.17, 15) is 9.90 Å². The first-order chi connectivity index (χ1) is 9.08. The summed E-state index contributed by atoms with van der Waals surface area (Å²) in [4.78, 5) is 10.8. The third-order valence-corrected chi connectivity index (χ3v) is 2.99. The molecule has 2 aromatic heterocycles. The number of hydrogen-bond acceptors (Lipinski definition) is 4. The van der Waals surface area contributed by atoms with Crippen LogP contribution in [0.3, 0.4) is 0 Å². The minimum absolute atomic E-state index is 0.118. The monoisotopic (exact) mass is 258 g/mol. The number of fused-ring (bicyclic) bond motifs is 1. The maximum Gasteiger partial charge on any atom is 0.374 e. The molecule has 0 aliphatic heterocycles. The Morgan fingerprint density at radius 1 is 1.42 bits per heavy atom. The summed E-state index contributed by atoms with van der Waals surface area (Å²) in [6.07, 6.45) is 1.77. The number of aromatic hydroxyl groups is 1. The number of aromatic carboxylic acids is 1. The molecule has 6 nitrogen and oxygen atoms in total. The van der Waals surface area contributed by atoms with Gasteiger partial charge in [-0.1, -0.05) is 11.2 Å². The van der Waals surface area contributed by atoms with Gasteiger partial charge >= 0.3 is 5.97 Å². The summed E-state index contributed by atoms with van der Waals surface area (Å²) in [5.74, 6) is -1.29. The van der Waals surface area contributed by atoms with E-state index in [1.54, 1.807) is 18.3 Å². The number of benzene rings is 1. The minimum Gasteiger partial charge on any atom is -0.507 e. The largest absolute Gasteiger partial charge is 0.507 e. The normalized spacial score (nSPS) is 11.0. The molecule has 0 radical (unpaired) electrons. The van der Waals surface area contributed by atoms with Crippen molar-refractivity contribution in [2.75, 3.05) is 0 Å². The summed E-state index contributed by atoms with van der Waals surface area (Å²) in [6, 6.07) is 6.51. The number of aromatic nitrogens is 2. The molecule has 1 aromatic carbocycles. The fourth-order valence-corrected chi connectivity index (χ4v) is 2.12.